The molecule has 0 aromatic heterocycles. The minimum atomic E-state index is -3.12. The van der Waals surface area contributed by atoms with Crippen LogP contribution in [0.2, 0.25) is 0 Å². The predicted molar refractivity (Wildman–Crippen MR) is 71.1 cm³/mol. The Morgan fingerprint density at radius 1 is 1.24 bits per heavy atom. The monoisotopic (exact) mass is 256 g/mol. The van der Waals surface area contributed by atoms with Crippen molar-refractivity contribution in [1.29, 1.82) is 0 Å². The average Bonchev–Trinajstić information content (AvgIpc) is 2.24. The van der Waals surface area contributed by atoms with Gasteiger partial charge in [0.05, 0.1) is 4.90 Å². The first-order valence-electron chi connectivity index (χ1n) is 5.63. The van der Waals surface area contributed by atoms with Crippen LogP contribution in [-0.2, 0) is 9.84 Å². The van der Waals surface area contributed by atoms with Gasteiger partial charge < -0.3 is 10.6 Å². The average molecular weight is 256 g/mol. The molecule has 4 nitrogen and oxygen atoms in total. The largest absolute Gasteiger partial charge is 0.368 e. The molecule has 0 aliphatic rings. The fraction of sp³-hybridized carbons (Fsp3) is 0.500. The van der Waals surface area contributed by atoms with Gasteiger partial charge in [0.15, 0.2) is 9.84 Å². The van der Waals surface area contributed by atoms with Gasteiger partial charge >= 0.3 is 0 Å². The van der Waals surface area contributed by atoms with Gasteiger partial charge in [0.1, 0.15) is 0 Å². The van der Waals surface area contributed by atoms with Crippen LogP contribution in [0.4, 0.5) is 5.69 Å². The first kappa shape index (κ1) is 14.0. The summed E-state index contributed by atoms with van der Waals surface area (Å²) in [6, 6.07) is 7.26. The Morgan fingerprint density at radius 2 is 1.76 bits per heavy atom. The molecule has 2 N–H and O–H groups in total. The molecular weight excluding hydrogens is 236 g/mol. The molecule has 1 rings (SSSR count). The number of sulfone groups is 1. The number of anilines is 1. The number of hydrogen-bond donors (Lipinski definition) is 1. The molecule has 0 atom stereocenters. The summed E-state index contributed by atoms with van der Waals surface area (Å²) in [7, 11) is -3.12. The highest BCUT2D eigenvalue weighted by Gasteiger charge is 2.11. The number of nitrogens with two attached hydrogens (primary N) is 1. The van der Waals surface area contributed by atoms with Crippen LogP contribution in [0.15, 0.2) is 29.2 Å². The van der Waals surface area contributed by atoms with Crippen molar-refractivity contribution in [2.75, 3.05) is 24.2 Å². The topological polar surface area (TPSA) is 63.4 Å². The van der Waals surface area contributed by atoms with E-state index < -0.39 is 9.84 Å². The molecule has 0 bridgehead atoms. The molecule has 0 saturated heterocycles. The van der Waals surface area contributed by atoms with Gasteiger partial charge in [-0.1, -0.05) is 0 Å². The molecule has 0 amide bonds. The second-order valence-electron chi connectivity index (χ2n) is 4.34. The van der Waals surface area contributed by atoms with E-state index >= 15 is 0 Å². The van der Waals surface area contributed by atoms with E-state index in [1.807, 2.05) is 12.1 Å². The van der Waals surface area contributed by atoms with Crippen molar-refractivity contribution in [3.8, 4) is 0 Å². The molecule has 17 heavy (non-hydrogen) atoms. The zero-order valence-electron chi connectivity index (χ0n) is 10.6. The van der Waals surface area contributed by atoms with Crippen molar-refractivity contribution in [2.24, 2.45) is 5.73 Å². The highest BCUT2D eigenvalue weighted by molar-refractivity contribution is 7.90. The lowest BCUT2D eigenvalue weighted by Crippen LogP contribution is -2.35. The maximum Gasteiger partial charge on any atom is 0.175 e. The minimum Gasteiger partial charge on any atom is -0.368 e. The molecule has 5 heteroatoms. The lowest BCUT2D eigenvalue weighted by atomic mass is 10.2. The van der Waals surface area contributed by atoms with Crippen LogP contribution in [-0.4, -0.2) is 33.8 Å². The first-order chi connectivity index (χ1) is 7.86. The molecule has 1 aromatic carbocycles. The van der Waals surface area contributed by atoms with Crippen molar-refractivity contribution < 1.29 is 8.42 Å². The second-order valence-corrected chi connectivity index (χ2v) is 6.36. The van der Waals surface area contributed by atoms with E-state index in [9.17, 15) is 8.42 Å². The summed E-state index contributed by atoms with van der Waals surface area (Å²) in [5.41, 5.74) is 6.56. The second kappa shape index (κ2) is 5.51. The summed E-state index contributed by atoms with van der Waals surface area (Å²) in [4.78, 5) is 2.49. The standard InChI is InChI=1S/C12H20N2O2S/c1-10(2)14(9-8-13)11-4-6-12(7-5-11)17(3,15)16/h4-7,10H,8-9,13H2,1-3H3. The molecule has 0 aliphatic carbocycles. The number of nitrogens with zero attached hydrogens (tertiary/aromatic N) is 1. The van der Waals surface area contributed by atoms with Crippen molar-refractivity contribution in [3.63, 3.8) is 0 Å². The molecule has 1 aromatic rings. The van der Waals surface area contributed by atoms with E-state index in [1.165, 1.54) is 6.26 Å². The van der Waals surface area contributed by atoms with Crippen molar-refractivity contribution in [2.45, 2.75) is 24.8 Å². The Balaban J connectivity index is 3.00. The molecule has 0 aliphatic heterocycles. The van der Waals surface area contributed by atoms with Crippen LogP contribution in [0.3, 0.4) is 0 Å². The zero-order valence-corrected chi connectivity index (χ0v) is 11.4. The SMILES string of the molecule is CC(C)N(CCN)c1ccc(S(C)(=O)=O)cc1. The van der Waals surface area contributed by atoms with Crippen molar-refractivity contribution in [3.05, 3.63) is 24.3 Å². The summed E-state index contributed by atoms with van der Waals surface area (Å²) in [6.07, 6.45) is 1.21. The summed E-state index contributed by atoms with van der Waals surface area (Å²) in [5.74, 6) is 0. The van der Waals surface area contributed by atoms with Crippen LogP contribution in [0.25, 0.3) is 0 Å². The Labute approximate surface area is 103 Å². The molecule has 96 valence electrons. The van der Waals surface area contributed by atoms with Crippen LogP contribution >= 0.6 is 0 Å². The third-order valence-corrected chi connectivity index (χ3v) is 3.72. The van der Waals surface area contributed by atoms with E-state index in [1.54, 1.807) is 12.1 Å². The maximum atomic E-state index is 11.3. The van der Waals surface area contributed by atoms with Crippen LogP contribution < -0.4 is 10.6 Å². The Kier molecular flexibility index (Phi) is 4.54. The molecule has 0 radical (unpaired) electrons. The normalized spacial score (nSPS) is 11.8. The quantitative estimate of drug-likeness (QED) is 0.861. The van der Waals surface area contributed by atoms with Crippen molar-refractivity contribution in [1.82, 2.24) is 0 Å². The number of rotatable bonds is 5. The lowest BCUT2D eigenvalue weighted by Gasteiger charge is -2.28. The van der Waals surface area contributed by atoms with Crippen molar-refractivity contribution >= 4 is 15.5 Å². The van der Waals surface area contributed by atoms with E-state index in [0.717, 1.165) is 12.2 Å². The van der Waals surface area contributed by atoms with Gasteiger partial charge in [0.2, 0.25) is 0 Å². The van der Waals surface area contributed by atoms with Crippen LogP contribution in [0, 0.1) is 0 Å². The lowest BCUT2D eigenvalue weighted by molar-refractivity contribution is 0.602. The summed E-state index contributed by atoms with van der Waals surface area (Å²) >= 11 is 0. The fourth-order valence-corrected chi connectivity index (χ4v) is 2.34. The van der Waals surface area contributed by atoms with Gasteiger partial charge in [-0.2, -0.15) is 0 Å². The van der Waals surface area contributed by atoms with Gasteiger partial charge in [0, 0.05) is 31.1 Å². The van der Waals surface area contributed by atoms with Gasteiger partial charge in [-0.05, 0) is 38.1 Å². The zero-order chi connectivity index (χ0) is 13.1. The minimum absolute atomic E-state index is 0.336. The predicted octanol–water partition coefficient (Wildman–Crippen LogP) is 1.26. The number of hydrogen-bond acceptors (Lipinski definition) is 4. The molecule has 0 saturated carbocycles. The third-order valence-electron chi connectivity index (χ3n) is 2.59. The molecule has 0 unspecified atom stereocenters. The summed E-state index contributed by atoms with van der Waals surface area (Å²) < 4.78 is 22.7. The molecular formula is C12H20N2O2S. The van der Waals surface area contributed by atoms with Gasteiger partial charge in [-0.3, -0.25) is 0 Å². The Morgan fingerprint density at radius 3 is 2.12 bits per heavy atom. The van der Waals surface area contributed by atoms with Crippen LogP contribution in [0.1, 0.15) is 13.8 Å². The molecule has 0 heterocycles. The third kappa shape index (κ3) is 3.71. The highest BCUT2D eigenvalue weighted by Crippen LogP contribution is 2.19. The molecule has 0 spiro atoms. The summed E-state index contributed by atoms with van der Waals surface area (Å²) in [5, 5.41) is 0. The van der Waals surface area contributed by atoms with Gasteiger partial charge in [0.25, 0.3) is 0 Å². The van der Waals surface area contributed by atoms with Gasteiger partial charge in [-0.15, -0.1) is 0 Å². The van der Waals surface area contributed by atoms with E-state index in [0.29, 0.717) is 17.5 Å². The van der Waals surface area contributed by atoms with E-state index in [-0.39, 0.29) is 0 Å². The fourth-order valence-electron chi connectivity index (χ4n) is 1.71. The highest BCUT2D eigenvalue weighted by atomic mass is 32.2. The van der Waals surface area contributed by atoms with E-state index in [4.69, 9.17) is 5.73 Å². The number of benzene rings is 1. The Bertz CT molecular complexity index is 452. The smallest absolute Gasteiger partial charge is 0.175 e. The maximum absolute atomic E-state index is 11.3. The van der Waals surface area contributed by atoms with Gasteiger partial charge in [-0.25, -0.2) is 8.42 Å². The molecule has 0 fully saturated rings. The van der Waals surface area contributed by atoms with E-state index in [2.05, 4.69) is 18.7 Å². The first-order valence-corrected chi connectivity index (χ1v) is 7.52. The summed E-state index contributed by atoms with van der Waals surface area (Å²) in [6.45, 7) is 5.50. The Hall–Kier alpha value is -1.07. The van der Waals surface area contributed by atoms with Crippen LogP contribution in [0.5, 0.6) is 0 Å².